The van der Waals surface area contributed by atoms with Crippen molar-refractivity contribution in [1.29, 1.82) is 0 Å². The van der Waals surface area contributed by atoms with Crippen molar-refractivity contribution in [3.8, 4) is 11.5 Å². The van der Waals surface area contributed by atoms with Crippen LogP contribution in [0.2, 0.25) is 10.0 Å². The molecule has 0 fully saturated rings. The lowest BCUT2D eigenvalue weighted by Gasteiger charge is -2.43. The quantitative estimate of drug-likeness (QED) is 0.355. The molecule has 0 bridgehead atoms. The molecule has 0 saturated heterocycles. The highest BCUT2D eigenvalue weighted by molar-refractivity contribution is 6.42. The van der Waals surface area contributed by atoms with Gasteiger partial charge in [-0.3, -0.25) is 9.69 Å². The second-order valence-electron chi connectivity index (χ2n) is 7.80. The van der Waals surface area contributed by atoms with Crippen LogP contribution in [-0.2, 0) is 10.3 Å². The summed E-state index contributed by atoms with van der Waals surface area (Å²) < 4.78 is 49.1. The smallest absolute Gasteiger partial charge is 0.415 e. The topological polar surface area (TPSA) is 59.1 Å². The van der Waals surface area contributed by atoms with Crippen molar-refractivity contribution < 1.29 is 32.2 Å². The third-order valence-corrected chi connectivity index (χ3v) is 6.13. The average Bonchev–Trinajstić information content (AvgIpc) is 2.79. The molecule has 2 amide bonds. The van der Waals surface area contributed by atoms with Crippen molar-refractivity contribution in [2.45, 2.75) is 24.6 Å². The molecule has 1 unspecified atom stereocenters. The fourth-order valence-electron chi connectivity index (χ4n) is 3.51. The lowest BCUT2D eigenvalue weighted by atomic mass is 9.84. The Morgan fingerprint density at radius 2 is 1.63 bits per heavy atom. The van der Waals surface area contributed by atoms with Crippen molar-refractivity contribution in [3.05, 3.63) is 70.7 Å². The van der Waals surface area contributed by atoms with Crippen LogP contribution in [-0.4, -0.2) is 55.7 Å². The van der Waals surface area contributed by atoms with E-state index in [0.717, 1.165) is 4.90 Å². The Morgan fingerprint density at radius 3 is 2.14 bits per heavy atom. The first kappa shape index (κ1) is 28.3. The molecule has 0 aliphatic heterocycles. The van der Waals surface area contributed by atoms with Gasteiger partial charge in [0.15, 0.2) is 0 Å². The summed E-state index contributed by atoms with van der Waals surface area (Å²) in [5.74, 6) is -0.395. The van der Waals surface area contributed by atoms with E-state index in [-0.39, 0.29) is 28.8 Å². The zero-order valence-electron chi connectivity index (χ0n) is 19.4. The van der Waals surface area contributed by atoms with E-state index in [1.807, 2.05) is 0 Å². The Balaban J connectivity index is 2.50. The third kappa shape index (κ3) is 7.29. The highest BCUT2D eigenvalue weighted by Crippen LogP contribution is 2.37. The molecule has 6 nitrogen and oxygen atoms in total. The average molecular weight is 533 g/mol. The molecule has 0 spiro atoms. The minimum Gasteiger partial charge on any atom is -0.497 e. The molecule has 1 atom stereocenters. The maximum Gasteiger partial charge on any atom is 0.415 e. The van der Waals surface area contributed by atoms with E-state index in [0.29, 0.717) is 11.3 Å². The normalized spacial score (nSPS) is 12.9. The van der Waals surface area contributed by atoms with Gasteiger partial charge in [-0.15, -0.1) is 6.58 Å². The summed E-state index contributed by atoms with van der Waals surface area (Å²) in [6.07, 6.45) is -5.60. The van der Waals surface area contributed by atoms with Crippen LogP contribution in [0.3, 0.4) is 0 Å². The lowest BCUT2D eigenvalue weighted by molar-refractivity contribution is -0.161. The van der Waals surface area contributed by atoms with Crippen LogP contribution in [0.25, 0.3) is 0 Å². The van der Waals surface area contributed by atoms with Gasteiger partial charge in [0.2, 0.25) is 5.91 Å². The molecule has 2 aromatic rings. The molecule has 2 rings (SSSR count). The number of benzene rings is 2. The van der Waals surface area contributed by atoms with Crippen molar-refractivity contribution in [1.82, 2.24) is 9.80 Å². The monoisotopic (exact) mass is 532 g/mol. The number of ether oxygens (including phenoxy) is 2. The predicted octanol–water partition coefficient (Wildman–Crippen LogP) is 6.32. The summed E-state index contributed by atoms with van der Waals surface area (Å²) in [6, 6.07) is 10.8. The number of likely N-dealkylation sites (N-methyl/N-ethyl adjacent to an activating group) is 2. The number of nitrogens with zero attached hydrogens (tertiary/aromatic N) is 2. The highest BCUT2D eigenvalue weighted by atomic mass is 35.5. The fraction of sp³-hybridized carbons (Fsp3) is 0.333. The van der Waals surface area contributed by atoms with Crippen molar-refractivity contribution in [3.63, 3.8) is 0 Å². The second kappa shape index (κ2) is 11.7. The zero-order chi connectivity index (χ0) is 26.4. The standard InChI is InChI=1S/C24H25Cl2F3N2O4/c1-5-12-23(16-6-11-19(25)20(26)13-16,15-30(2)21(32)14-24(27,28)29)31(3)22(33)35-18-9-7-17(34-4)8-10-18/h5-11,13H,1,12,14-15H2,2-4H3. The van der Waals surface area contributed by atoms with Crippen LogP contribution in [0.15, 0.2) is 55.1 Å². The van der Waals surface area contributed by atoms with Crippen LogP contribution >= 0.6 is 23.2 Å². The van der Waals surface area contributed by atoms with Gasteiger partial charge in [-0.25, -0.2) is 4.79 Å². The van der Waals surface area contributed by atoms with Gasteiger partial charge in [0.25, 0.3) is 0 Å². The van der Waals surface area contributed by atoms with Gasteiger partial charge in [-0.2, -0.15) is 13.2 Å². The number of halogens is 5. The van der Waals surface area contributed by atoms with Crippen molar-refractivity contribution in [2.24, 2.45) is 0 Å². The number of carbonyl (C=O) groups is 2. The van der Waals surface area contributed by atoms with Crippen LogP contribution in [0, 0.1) is 0 Å². The summed E-state index contributed by atoms with van der Waals surface area (Å²) >= 11 is 12.3. The number of amides is 2. The molecule has 0 saturated carbocycles. The van der Waals surface area contributed by atoms with Gasteiger partial charge in [-0.1, -0.05) is 35.3 Å². The fourth-order valence-corrected chi connectivity index (χ4v) is 3.81. The van der Waals surface area contributed by atoms with Gasteiger partial charge in [-0.05, 0) is 48.4 Å². The van der Waals surface area contributed by atoms with E-state index in [2.05, 4.69) is 6.58 Å². The summed E-state index contributed by atoms with van der Waals surface area (Å²) in [5, 5.41) is 0.409. The first-order chi connectivity index (χ1) is 16.3. The molecule has 0 N–H and O–H groups in total. The Hall–Kier alpha value is -2.91. The SMILES string of the molecule is C=CCC(CN(C)C(=O)CC(F)(F)F)(c1ccc(Cl)c(Cl)c1)N(C)C(=O)Oc1ccc(OC)cc1. The summed E-state index contributed by atoms with van der Waals surface area (Å²) in [5.41, 5.74) is -0.956. The molecule has 190 valence electrons. The van der Waals surface area contributed by atoms with Gasteiger partial charge in [0.1, 0.15) is 17.9 Å². The third-order valence-electron chi connectivity index (χ3n) is 5.40. The summed E-state index contributed by atoms with van der Waals surface area (Å²) in [6.45, 7) is 3.43. The highest BCUT2D eigenvalue weighted by Gasteiger charge is 2.43. The number of hydrogen-bond acceptors (Lipinski definition) is 4. The summed E-state index contributed by atoms with van der Waals surface area (Å²) in [7, 11) is 4.14. The Bertz CT molecular complexity index is 1060. The van der Waals surface area contributed by atoms with Gasteiger partial charge >= 0.3 is 12.3 Å². The van der Waals surface area contributed by atoms with E-state index in [1.165, 1.54) is 56.4 Å². The predicted molar refractivity (Wildman–Crippen MR) is 128 cm³/mol. The molecule has 35 heavy (non-hydrogen) atoms. The minimum atomic E-state index is -4.69. The molecular weight excluding hydrogens is 508 g/mol. The first-order valence-electron chi connectivity index (χ1n) is 10.3. The largest absolute Gasteiger partial charge is 0.497 e. The van der Waals surface area contributed by atoms with E-state index in [9.17, 15) is 22.8 Å². The molecule has 0 aliphatic rings. The first-order valence-corrected chi connectivity index (χ1v) is 11.1. The van der Waals surface area contributed by atoms with E-state index in [1.54, 1.807) is 18.2 Å². The molecular formula is C24H25Cl2F3N2O4. The van der Waals surface area contributed by atoms with Crippen LogP contribution in [0.4, 0.5) is 18.0 Å². The number of alkyl halides is 3. The Labute approximate surface area is 211 Å². The van der Waals surface area contributed by atoms with E-state index < -0.39 is 30.1 Å². The molecule has 2 aromatic carbocycles. The second-order valence-corrected chi connectivity index (χ2v) is 8.61. The van der Waals surface area contributed by atoms with Crippen LogP contribution in [0.5, 0.6) is 11.5 Å². The number of hydrogen-bond donors (Lipinski definition) is 0. The maximum absolute atomic E-state index is 13.2. The van der Waals surface area contributed by atoms with Gasteiger partial charge in [0, 0.05) is 20.6 Å². The zero-order valence-corrected chi connectivity index (χ0v) is 20.9. The Morgan fingerprint density at radius 1 is 1.03 bits per heavy atom. The van der Waals surface area contributed by atoms with Crippen LogP contribution < -0.4 is 9.47 Å². The van der Waals surface area contributed by atoms with E-state index in [4.69, 9.17) is 32.7 Å². The molecule has 0 aliphatic carbocycles. The van der Waals surface area contributed by atoms with Gasteiger partial charge in [0.05, 0.1) is 22.7 Å². The van der Waals surface area contributed by atoms with Crippen LogP contribution in [0.1, 0.15) is 18.4 Å². The van der Waals surface area contributed by atoms with Crippen molar-refractivity contribution >= 4 is 35.2 Å². The molecule has 0 heterocycles. The maximum atomic E-state index is 13.2. The van der Waals surface area contributed by atoms with Crippen molar-refractivity contribution in [2.75, 3.05) is 27.7 Å². The number of methoxy groups -OCH3 is 1. The van der Waals surface area contributed by atoms with Gasteiger partial charge < -0.3 is 14.4 Å². The summed E-state index contributed by atoms with van der Waals surface area (Å²) in [4.78, 5) is 27.6. The molecule has 0 aromatic heterocycles. The lowest BCUT2D eigenvalue weighted by Crippen LogP contribution is -2.55. The molecule has 11 heteroatoms. The van der Waals surface area contributed by atoms with E-state index >= 15 is 0 Å². The number of rotatable bonds is 9. The minimum absolute atomic E-state index is 0.0583. The number of carbonyl (C=O) groups excluding carboxylic acids is 2. The molecule has 0 radical (unpaired) electrons. The Kier molecular flexibility index (Phi) is 9.45.